The number of anilines is 1. The van der Waals surface area contributed by atoms with Crippen LogP contribution in [0.4, 0.5) is 5.13 Å². The molecule has 6 heteroatoms. The highest BCUT2D eigenvalue weighted by atomic mass is 32.1. The van der Waals surface area contributed by atoms with E-state index in [4.69, 9.17) is 4.74 Å². The summed E-state index contributed by atoms with van der Waals surface area (Å²) in [5.41, 5.74) is 0. The number of methoxy groups -OCH3 is 1. The Balaban J connectivity index is 1.68. The molecule has 0 aromatic carbocycles. The molecular weight excluding hydrogens is 284 g/mol. The van der Waals surface area contributed by atoms with E-state index in [0.29, 0.717) is 6.04 Å². The number of fused-ring (bicyclic) bond motifs is 4. The number of rotatable bonds is 6. The Hall–Kier alpha value is -0.720. The van der Waals surface area contributed by atoms with Crippen LogP contribution in [-0.2, 0) is 11.2 Å². The van der Waals surface area contributed by atoms with E-state index < -0.39 is 0 Å². The lowest BCUT2D eigenvalue weighted by Crippen LogP contribution is -2.45. The summed E-state index contributed by atoms with van der Waals surface area (Å²) >= 11 is 1.78. The first-order chi connectivity index (χ1) is 10.3. The zero-order valence-corrected chi connectivity index (χ0v) is 13.9. The third kappa shape index (κ3) is 3.55. The van der Waals surface area contributed by atoms with Gasteiger partial charge in [0, 0.05) is 45.8 Å². The zero-order valence-electron chi connectivity index (χ0n) is 13.1. The van der Waals surface area contributed by atoms with E-state index in [2.05, 4.69) is 26.9 Å². The predicted molar refractivity (Wildman–Crippen MR) is 86.1 cm³/mol. The highest BCUT2D eigenvalue weighted by Crippen LogP contribution is 2.32. The lowest BCUT2D eigenvalue weighted by molar-refractivity contribution is 0.0889. The Morgan fingerprint density at radius 3 is 2.95 bits per heavy atom. The molecule has 3 fully saturated rings. The van der Waals surface area contributed by atoms with Gasteiger partial charge in [-0.15, -0.1) is 10.2 Å². The lowest BCUT2D eigenvalue weighted by Gasteiger charge is -2.35. The molecule has 0 amide bonds. The van der Waals surface area contributed by atoms with E-state index in [1.807, 2.05) is 0 Å². The van der Waals surface area contributed by atoms with Crippen LogP contribution in [0.15, 0.2) is 0 Å². The van der Waals surface area contributed by atoms with Gasteiger partial charge in [-0.25, -0.2) is 0 Å². The maximum atomic E-state index is 5.26. The Morgan fingerprint density at radius 1 is 1.24 bits per heavy atom. The van der Waals surface area contributed by atoms with Crippen molar-refractivity contribution in [2.24, 2.45) is 5.92 Å². The number of ether oxygens (including phenoxy) is 1. The van der Waals surface area contributed by atoms with E-state index in [1.165, 1.54) is 24.4 Å². The number of nitrogens with zero attached hydrogens (tertiary/aromatic N) is 4. The van der Waals surface area contributed by atoms with E-state index >= 15 is 0 Å². The largest absolute Gasteiger partial charge is 0.383 e. The molecule has 0 saturated carbocycles. The van der Waals surface area contributed by atoms with Crippen LogP contribution in [0.3, 0.4) is 0 Å². The Kier molecular flexibility index (Phi) is 5.08. The summed E-state index contributed by atoms with van der Waals surface area (Å²) in [5.74, 6) is 0.763. The number of hydrogen-bond acceptors (Lipinski definition) is 6. The van der Waals surface area contributed by atoms with E-state index in [9.17, 15) is 0 Å². The molecule has 0 unspecified atom stereocenters. The minimum atomic E-state index is 0.650. The van der Waals surface area contributed by atoms with Crippen molar-refractivity contribution < 1.29 is 4.74 Å². The average molecular weight is 310 g/mol. The van der Waals surface area contributed by atoms with Crippen molar-refractivity contribution in [2.75, 3.05) is 44.8 Å². The summed E-state index contributed by atoms with van der Waals surface area (Å²) in [4.78, 5) is 5.09. The van der Waals surface area contributed by atoms with Crippen molar-refractivity contribution in [3.8, 4) is 0 Å². The third-order valence-electron chi connectivity index (χ3n) is 4.60. The van der Waals surface area contributed by atoms with Gasteiger partial charge in [-0.1, -0.05) is 18.3 Å². The highest BCUT2D eigenvalue weighted by molar-refractivity contribution is 7.15. The monoisotopic (exact) mass is 310 g/mol. The summed E-state index contributed by atoms with van der Waals surface area (Å²) in [6, 6.07) is 0.650. The fourth-order valence-electron chi connectivity index (χ4n) is 3.51. The summed E-state index contributed by atoms with van der Waals surface area (Å²) in [5, 5.41) is 11.1. The Bertz CT molecular complexity index is 453. The maximum Gasteiger partial charge on any atom is 0.208 e. The average Bonchev–Trinajstić information content (AvgIpc) is 2.77. The van der Waals surface area contributed by atoms with Crippen LogP contribution < -0.4 is 4.90 Å². The number of hydrogen-bond donors (Lipinski definition) is 0. The molecule has 0 N–H and O–H groups in total. The molecule has 21 heavy (non-hydrogen) atoms. The summed E-state index contributed by atoms with van der Waals surface area (Å²) < 4.78 is 5.26. The second kappa shape index (κ2) is 7.03. The molecule has 0 aliphatic carbocycles. The van der Waals surface area contributed by atoms with Gasteiger partial charge >= 0.3 is 0 Å². The molecule has 2 atom stereocenters. The van der Waals surface area contributed by atoms with Crippen LogP contribution in [0, 0.1) is 5.92 Å². The van der Waals surface area contributed by atoms with Crippen molar-refractivity contribution in [1.29, 1.82) is 0 Å². The lowest BCUT2D eigenvalue weighted by atomic mass is 9.95. The molecule has 0 radical (unpaired) electrons. The van der Waals surface area contributed by atoms with Crippen molar-refractivity contribution >= 4 is 16.5 Å². The molecular formula is C15H26N4OS. The summed E-state index contributed by atoms with van der Waals surface area (Å²) in [7, 11) is 1.79. The van der Waals surface area contributed by atoms with Gasteiger partial charge in [0.1, 0.15) is 5.01 Å². The van der Waals surface area contributed by atoms with E-state index in [0.717, 1.165) is 50.1 Å². The van der Waals surface area contributed by atoms with Gasteiger partial charge in [-0.05, 0) is 25.2 Å². The van der Waals surface area contributed by atoms with Gasteiger partial charge in [0.25, 0.3) is 0 Å². The molecule has 4 heterocycles. The minimum Gasteiger partial charge on any atom is -0.383 e. The van der Waals surface area contributed by atoms with Crippen molar-refractivity contribution in [3.05, 3.63) is 5.01 Å². The Morgan fingerprint density at radius 2 is 2.14 bits per heavy atom. The van der Waals surface area contributed by atoms with Crippen molar-refractivity contribution in [3.63, 3.8) is 0 Å². The SMILES string of the molecule is CCCc1nnc(N2C[C@H]3CC[C@@H](C2)N(CCOC)C3)s1. The Labute approximate surface area is 131 Å². The number of aromatic nitrogens is 2. The fraction of sp³-hybridized carbons (Fsp3) is 0.867. The van der Waals surface area contributed by atoms with Crippen molar-refractivity contribution in [1.82, 2.24) is 15.1 Å². The van der Waals surface area contributed by atoms with Gasteiger partial charge in [-0.2, -0.15) is 0 Å². The second-order valence-electron chi connectivity index (χ2n) is 6.22. The van der Waals surface area contributed by atoms with Gasteiger partial charge in [0.15, 0.2) is 0 Å². The molecule has 3 aliphatic rings. The van der Waals surface area contributed by atoms with Gasteiger partial charge in [0.2, 0.25) is 5.13 Å². The quantitative estimate of drug-likeness (QED) is 0.804. The van der Waals surface area contributed by atoms with Gasteiger partial charge in [-0.3, -0.25) is 4.90 Å². The second-order valence-corrected chi connectivity index (χ2v) is 7.26. The van der Waals surface area contributed by atoms with Gasteiger partial charge < -0.3 is 9.64 Å². The predicted octanol–water partition coefficient (Wildman–Crippen LogP) is 2.04. The first-order valence-corrected chi connectivity index (χ1v) is 8.92. The smallest absolute Gasteiger partial charge is 0.208 e. The first-order valence-electron chi connectivity index (χ1n) is 8.10. The van der Waals surface area contributed by atoms with E-state index in [1.54, 1.807) is 18.4 Å². The summed E-state index contributed by atoms with van der Waals surface area (Å²) in [6.07, 6.45) is 4.86. The zero-order chi connectivity index (χ0) is 14.7. The van der Waals surface area contributed by atoms with Crippen LogP contribution in [0.25, 0.3) is 0 Å². The van der Waals surface area contributed by atoms with Crippen LogP contribution in [0.2, 0.25) is 0 Å². The molecule has 0 spiro atoms. The summed E-state index contributed by atoms with van der Waals surface area (Å²) in [6.45, 7) is 7.54. The number of aryl methyl sites for hydroxylation is 1. The van der Waals surface area contributed by atoms with Crippen LogP contribution in [-0.4, -0.2) is 61.0 Å². The number of piperidine rings is 1. The molecule has 1 aromatic heterocycles. The highest BCUT2D eigenvalue weighted by Gasteiger charge is 2.35. The molecule has 3 aliphatic heterocycles. The molecule has 2 bridgehead atoms. The van der Waals surface area contributed by atoms with E-state index in [-0.39, 0.29) is 0 Å². The third-order valence-corrected chi connectivity index (χ3v) is 5.64. The first kappa shape index (κ1) is 15.2. The topological polar surface area (TPSA) is 41.5 Å². The van der Waals surface area contributed by atoms with Crippen LogP contribution in [0.1, 0.15) is 31.2 Å². The fourth-order valence-corrected chi connectivity index (χ4v) is 4.46. The normalized spacial score (nSPS) is 26.3. The van der Waals surface area contributed by atoms with Crippen molar-refractivity contribution in [2.45, 2.75) is 38.6 Å². The van der Waals surface area contributed by atoms with Crippen LogP contribution in [0.5, 0.6) is 0 Å². The molecule has 118 valence electrons. The maximum absolute atomic E-state index is 5.26. The van der Waals surface area contributed by atoms with Gasteiger partial charge in [0.05, 0.1) is 6.61 Å². The molecule has 3 saturated heterocycles. The molecule has 5 nitrogen and oxygen atoms in total. The standard InChI is InChI=1S/C15H26N4OS/c1-3-4-14-16-17-15(21-14)19-10-12-5-6-13(11-19)18(9-12)7-8-20-2/h12-13H,3-11H2,1-2H3/t12-,13-/m0/s1. The molecule has 4 rings (SSSR count). The van der Waals surface area contributed by atoms with Crippen LogP contribution >= 0.6 is 11.3 Å². The molecule has 1 aromatic rings. The minimum absolute atomic E-state index is 0.650.